The molecule has 1 aliphatic carbocycles. The number of carbonyl (C=O) groups excluding carboxylic acids is 1. The number of fused-ring (bicyclic) bond motifs is 2. The number of carbonyl (C=O) groups is 1. The molecular weight excluding hydrogens is 354 g/mol. The number of rotatable bonds is 4. The summed E-state index contributed by atoms with van der Waals surface area (Å²) in [4.78, 5) is 16.2. The van der Waals surface area contributed by atoms with Gasteiger partial charge in [-0.3, -0.25) is 4.79 Å². The highest BCUT2D eigenvalue weighted by Gasteiger charge is 2.26. The molecule has 2 aliphatic rings. The molecular formula is C22H25N3OS. The zero-order valence-corrected chi connectivity index (χ0v) is 16.6. The largest absolute Gasteiger partial charge is 0.362 e. The van der Waals surface area contributed by atoms with E-state index in [0.717, 1.165) is 49.3 Å². The van der Waals surface area contributed by atoms with Crippen LogP contribution < -0.4 is 10.2 Å². The van der Waals surface area contributed by atoms with E-state index >= 15 is 0 Å². The van der Waals surface area contributed by atoms with Crippen LogP contribution in [0.4, 0.5) is 10.7 Å². The molecule has 0 fully saturated rings. The second kappa shape index (κ2) is 7.74. The Morgan fingerprint density at radius 3 is 3.04 bits per heavy atom. The summed E-state index contributed by atoms with van der Waals surface area (Å²) < 4.78 is 0. The molecule has 1 atom stereocenters. The van der Waals surface area contributed by atoms with Gasteiger partial charge in [-0.15, -0.1) is 11.3 Å². The van der Waals surface area contributed by atoms with Crippen LogP contribution in [0.2, 0.25) is 0 Å². The molecule has 0 saturated carbocycles. The normalized spacial score (nSPS) is 18.4. The number of nitriles is 1. The molecule has 140 valence electrons. The fourth-order valence-corrected chi connectivity index (χ4v) is 5.65. The molecule has 27 heavy (non-hydrogen) atoms. The van der Waals surface area contributed by atoms with E-state index in [1.54, 1.807) is 11.3 Å². The lowest BCUT2D eigenvalue weighted by atomic mass is 9.86. The molecule has 0 spiro atoms. The van der Waals surface area contributed by atoms with Crippen molar-refractivity contribution in [2.75, 3.05) is 23.3 Å². The van der Waals surface area contributed by atoms with Crippen LogP contribution in [0.5, 0.6) is 0 Å². The minimum atomic E-state index is -0.0335. The maximum absolute atomic E-state index is 12.7. The predicted octanol–water partition coefficient (Wildman–Crippen LogP) is 4.53. The Labute approximate surface area is 164 Å². The van der Waals surface area contributed by atoms with Gasteiger partial charge in [-0.1, -0.05) is 31.5 Å². The van der Waals surface area contributed by atoms with Crippen LogP contribution in [-0.4, -0.2) is 19.0 Å². The average Bonchev–Trinajstić information content (AvgIpc) is 3.04. The lowest BCUT2D eigenvalue weighted by molar-refractivity contribution is -0.115. The molecule has 1 aliphatic heterocycles. The number of nitrogens with one attached hydrogen (secondary N) is 1. The van der Waals surface area contributed by atoms with Crippen LogP contribution >= 0.6 is 11.3 Å². The van der Waals surface area contributed by atoms with Gasteiger partial charge in [0.05, 0.1) is 12.1 Å². The molecule has 5 heteroatoms. The minimum Gasteiger partial charge on any atom is -0.362 e. The van der Waals surface area contributed by atoms with Crippen molar-refractivity contribution in [1.29, 1.82) is 5.26 Å². The van der Waals surface area contributed by atoms with Crippen molar-refractivity contribution in [3.05, 3.63) is 45.8 Å². The molecule has 1 aromatic heterocycles. The Hall–Kier alpha value is -2.32. The van der Waals surface area contributed by atoms with Crippen LogP contribution in [0.1, 0.15) is 47.8 Å². The molecule has 0 bridgehead atoms. The summed E-state index contributed by atoms with van der Waals surface area (Å²) in [6, 6.07) is 10.7. The lowest BCUT2D eigenvalue weighted by Crippen LogP contribution is -2.36. The first-order valence-corrected chi connectivity index (χ1v) is 10.7. The zero-order valence-electron chi connectivity index (χ0n) is 15.8. The number of aryl methyl sites for hydroxylation is 1. The molecule has 2 heterocycles. The van der Waals surface area contributed by atoms with E-state index in [9.17, 15) is 10.1 Å². The van der Waals surface area contributed by atoms with Gasteiger partial charge in [0, 0.05) is 17.1 Å². The van der Waals surface area contributed by atoms with E-state index in [2.05, 4.69) is 41.4 Å². The van der Waals surface area contributed by atoms with Crippen molar-refractivity contribution in [1.82, 2.24) is 0 Å². The third-order valence-electron chi connectivity index (χ3n) is 5.85. The SMILES string of the molecule is CCC1CCc2c(sc(NC(=O)CN3CCCc4ccccc43)c2C#N)C1. The molecule has 0 radical (unpaired) electrons. The quantitative estimate of drug-likeness (QED) is 0.849. The molecule has 1 aromatic carbocycles. The maximum atomic E-state index is 12.7. The smallest absolute Gasteiger partial charge is 0.244 e. The number of anilines is 2. The Balaban J connectivity index is 1.50. The molecule has 4 rings (SSSR count). The van der Waals surface area contributed by atoms with Crippen molar-refractivity contribution < 1.29 is 4.79 Å². The van der Waals surface area contributed by atoms with Gasteiger partial charge in [-0.25, -0.2) is 0 Å². The number of amides is 1. The van der Waals surface area contributed by atoms with Gasteiger partial charge in [0.25, 0.3) is 0 Å². The fraction of sp³-hybridized carbons (Fsp3) is 0.455. The van der Waals surface area contributed by atoms with Crippen molar-refractivity contribution in [2.45, 2.75) is 45.4 Å². The second-order valence-corrected chi connectivity index (χ2v) is 8.64. The van der Waals surface area contributed by atoms with E-state index in [0.29, 0.717) is 18.0 Å². The monoisotopic (exact) mass is 379 g/mol. The number of benzene rings is 1. The van der Waals surface area contributed by atoms with Gasteiger partial charge >= 0.3 is 0 Å². The molecule has 1 unspecified atom stereocenters. The van der Waals surface area contributed by atoms with E-state index in [4.69, 9.17) is 0 Å². The van der Waals surface area contributed by atoms with E-state index in [1.807, 2.05) is 6.07 Å². The van der Waals surface area contributed by atoms with E-state index in [-0.39, 0.29) is 5.91 Å². The Kier molecular flexibility index (Phi) is 5.18. The predicted molar refractivity (Wildman–Crippen MR) is 110 cm³/mol. The van der Waals surface area contributed by atoms with Gasteiger partial charge in [0.2, 0.25) is 5.91 Å². The third kappa shape index (κ3) is 3.59. The summed E-state index contributed by atoms with van der Waals surface area (Å²) in [6.45, 7) is 3.46. The summed E-state index contributed by atoms with van der Waals surface area (Å²) in [6.07, 6.45) is 6.47. The Morgan fingerprint density at radius 2 is 2.22 bits per heavy atom. The van der Waals surface area contributed by atoms with Gasteiger partial charge in [0.1, 0.15) is 11.1 Å². The van der Waals surface area contributed by atoms with Crippen molar-refractivity contribution in [2.24, 2.45) is 5.92 Å². The van der Waals surface area contributed by atoms with Crippen molar-refractivity contribution in [3.8, 4) is 6.07 Å². The zero-order chi connectivity index (χ0) is 18.8. The minimum absolute atomic E-state index is 0.0335. The standard InChI is InChI=1S/C22H25N3OS/c1-2-15-9-10-17-18(13-23)22(27-20(17)12-15)24-21(26)14-25-11-5-7-16-6-3-4-8-19(16)25/h3-4,6,8,15H,2,5,7,9-12,14H2,1H3,(H,24,26). The highest BCUT2D eigenvalue weighted by Crippen LogP contribution is 2.40. The molecule has 2 aromatic rings. The first-order chi connectivity index (χ1) is 13.2. The molecule has 0 saturated heterocycles. The molecule has 4 nitrogen and oxygen atoms in total. The third-order valence-corrected chi connectivity index (χ3v) is 7.02. The highest BCUT2D eigenvalue weighted by atomic mass is 32.1. The lowest BCUT2D eigenvalue weighted by Gasteiger charge is -2.30. The van der Waals surface area contributed by atoms with Crippen LogP contribution in [-0.2, 0) is 24.1 Å². The molecule has 1 N–H and O–H groups in total. The fourth-order valence-electron chi connectivity index (χ4n) is 4.32. The highest BCUT2D eigenvalue weighted by molar-refractivity contribution is 7.16. The van der Waals surface area contributed by atoms with E-state index < -0.39 is 0 Å². The summed E-state index contributed by atoms with van der Waals surface area (Å²) in [5, 5.41) is 13.4. The summed E-state index contributed by atoms with van der Waals surface area (Å²) in [5.74, 6) is 0.671. The summed E-state index contributed by atoms with van der Waals surface area (Å²) in [5.41, 5.74) is 4.34. The number of hydrogen-bond acceptors (Lipinski definition) is 4. The Bertz CT molecular complexity index is 895. The van der Waals surface area contributed by atoms with E-state index in [1.165, 1.54) is 22.4 Å². The van der Waals surface area contributed by atoms with Gasteiger partial charge in [0.15, 0.2) is 0 Å². The molecule has 1 amide bonds. The van der Waals surface area contributed by atoms with Crippen LogP contribution in [0.15, 0.2) is 24.3 Å². The summed E-state index contributed by atoms with van der Waals surface area (Å²) in [7, 11) is 0. The number of nitrogens with zero attached hydrogens (tertiary/aromatic N) is 2. The summed E-state index contributed by atoms with van der Waals surface area (Å²) >= 11 is 1.61. The van der Waals surface area contributed by atoms with Gasteiger partial charge < -0.3 is 10.2 Å². The van der Waals surface area contributed by atoms with Crippen LogP contribution in [0.3, 0.4) is 0 Å². The number of hydrogen-bond donors (Lipinski definition) is 1. The first kappa shape index (κ1) is 18.1. The van der Waals surface area contributed by atoms with Crippen LogP contribution in [0, 0.1) is 17.2 Å². The van der Waals surface area contributed by atoms with Gasteiger partial charge in [-0.2, -0.15) is 5.26 Å². The topological polar surface area (TPSA) is 56.1 Å². The maximum Gasteiger partial charge on any atom is 0.244 e. The first-order valence-electron chi connectivity index (χ1n) is 9.87. The van der Waals surface area contributed by atoms with Crippen molar-refractivity contribution >= 4 is 27.9 Å². The number of para-hydroxylation sites is 1. The number of thiophene rings is 1. The second-order valence-electron chi connectivity index (χ2n) is 7.54. The Morgan fingerprint density at radius 1 is 1.37 bits per heavy atom. The van der Waals surface area contributed by atoms with Crippen molar-refractivity contribution in [3.63, 3.8) is 0 Å². The average molecular weight is 380 g/mol. The van der Waals surface area contributed by atoms with Crippen LogP contribution in [0.25, 0.3) is 0 Å². The van der Waals surface area contributed by atoms with Gasteiger partial charge in [-0.05, 0) is 55.2 Å².